The second kappa shape index (κ2) is 4.23. The number of halogens is 2. The van der Waals surface area contributed by atoms with Crippen LogP contribution in [0.5, 0.6) is 5.75 Å². The van der Waals surface area contributed by atoms with Crippen molar-refractivity contribution in [3.8, 4) is 5.75 Å². The molecule has 1 aromatic carbocycles. The van der Waals surface area contributed by atoms with E-state index in [1.54, 1.807) is 19.2 Å². The van der Waals surface area contributed by atoms with Crippen molar-refractivity contribution in [1.82, 2.24) is 0 Å². The number of carbonyl (C=O) groups excluding carboxylic acids is 1. The minimum atomic E-state index is 0.639. The number of methoxy groups -OCH3 is 1. The molecule has 0 amide bonds. The van der Waals surface area contributed by atoms with E-state index in [4.69, 9.17) is 4.74 Å². The van der Waals surface area contributed by atoms with Crippen molar-refractivity contribution >= 4 is 44.8 Å². The van der Waals surface area contributed by atoms with Crippen molar-refractivity contribution in [3.63, 3.8) is 0 Å². The molecular formula is C8H6BrIO2. The summed E-state index contributed by atoms with van der Waals surface area (Å²) < 4.78 is 6.76. The molecule has 2 nitrogen and oxygen atoms in total. The fraction of sp³-hybridized carbons (Fsp3) is 0.125. The second-order valence-corrected chi connectivity index (χ2v) is 4.14. The number of benzene rings is 1. The Balaban J connectivity index is 3.25. The van der Waals surface area contributed by atoms with Crippen LogP contribution in [-0.4, -0.2) is 13.4 Å². The molecule has 4 heteroatoms. The van der Waals surface area contributed by atoms with Gasteiger partial charge in [0.15, 0.2) is 6.29 Å². The highest BCUT2D eigenvalue weighted by Gasteiger charge is 2.05. The highest BCUT2D eigenvalue weighted by Crippen LogP contribution is 2.27. The van der Waals surface area contributed by atoms with Gasteiger partial charge in [-0.2, -0.15) is 0 Å². The van der Waals surface area contributed by atoms with Crippen molar-refractivity contribution < 1.29 is 9.53 Å². The number of hydrogen-bond acceptors (Lipinski definition) is 2. The molecule has 64 valence electrons. The molecule has 0 N–H and O–H groups in total. The van der Waals surface area contributed by atoms with Crippen LogP contribution >= 0.6 is 38.5 Å². The van der Waals surface area contributed by atoms with Crippen molar-refractivity contribution in [3.05, 3.63) is 25.7 Å². The van der Waals surface area contributed by atoms with Gasteiger partial charge in [-0.15, -0.1) is 0 Å². The SMILES string of the molecule is COc1cc(Br)c(C=O)cc1I. The molecule has 0 saturated carbocycles. The van der Waals surface area contributed by atoms with E-state index in [2.05, 4.69) is 38.5 Å². The lowest BCUT2D eigenvalue weighted by Gasteiger charge is -2.04. The Labute approximate surface area is 92.6 Å². The lowest BCUT2D eigenvalue weighted by atomic mass is 10.2. The minimum Gasteiger partial charge on any atom is -0.496 e. The van der Waals surface area contributed by atoms with E-state index in [0.29, 0.717) is 5.56 Å². The van der Waals surface area contributed by atoms with Gasteiger partial charge in [0, 0.05) is 10.0 Å². The van der Waals surface area contributed by atoms with Crippen molar-refractivity contribution in [2.75, 3.05) is 7.11 Å². The van der Waals surface area contributed by atoms with Crippen LogP contribution in [0.1, 0.15) is 10.4 Å². The van der Waals surface area contributed by atoms with E-state index in [9.17, 15) is 4.79 Å². The van der Waals surface area contributed by atoms with Gasteiger partial charge in [0.25, 0.3) is 0 Å². The summed E-state index contributed by atoms with van der Waals surface area (Å²) in [5.74, 6) is 0.771. The van der Waals surface area contributed by atoms with Crippen LogP contribution in [-0.2, 0) is 0 Å². The summed E-state index contributed by atoms with van der Waals surface area (Å²) in [7, 11) is 1.60. The zero-order valence-electron chi connectivity index (χ0n) is 6.30. The Morgan fingerprint density at radius 3 is 2.75 bits per heavy atom. The largest absolute Gasteiger partial charge is 0.496 e. The van der Waals surface area contributed by atoms with Crippen LogP contribution in [0.25, 0.3) is 0 Å². The van der Waals surface area contributed by atoms with Crippen LogP contribution in [0.3, 0.4) is 0 Å². The second-order valence-electron chi connectivity index (χ2n) is 2.13. The number of ether oxygens (including phenoxy) is 1. The standard InChI is InChI=1S/C8H6BrIO2/c1-12-8-3-6(9)5(4-11)2-7(8)10/h2-4H,1H3. The molecule has 0 radical (unpaired) electrons. The summed E-state index contributed by atoms with van der Waals surface area (Å²) in [6, 6.07) is 3.56. The number of rotatable bonds is 2. The summed E-state index contributed by atoms with van der Waals surface area (Å²) in [6.07, 6.45) is 0.811. The fourth-order valence-electron chi connectivity index (χ4n) is 0.791. The molecule has 0 spiro atoms. The Bertz CT molecular complexity index is 312. The molecule has 0 saturated heterocycles. The van der Waals surface area contributed by atoms with E-state index in [-0.39, 0.29) is 0 Å². The zero-order valence-corrected chi connectivity index (χ0v) is 10.0. The molecule has 1 aromatic rings. The minimum absolute atomic E-state index is 0.639. The van der Waals surface area contributed by atoms with Crippen molar-refractivity contribution in [2.24, 2.45) is 0 Å². The first-order valence-electron chi connectivity index (χ1n) is 3.17. The van der Waals surface area contributed by atoms with Crippen molar-refractivity contribution in [2.45, 2.75) is 0 Å². The fourth-order valence-corrected chi connectivity index (χ4v) is 1.92. The van der Waals surface area contributed by atoms with Gasteiger partial charge in [0.1, 0.15) is 5.75 Å². The zero-order chi connectivity index (χ0) is 9.14. The normalized spacial score (nSPS) is 9.58. The van der Waals surface area contributed by atoms with Gasteiger partial charge in [0.2, 0.25) is 0 Å². The van der Waals surface area contributed by atoms with E-state index in [1.165, 1.54) is 0 Å². The molecule has 0 aromatic heterocycles. The average Bonchev–Trinajstić information content (AvgIpc) is 2.08. The first kappa shape index (κ1) is 9.98. The highest BCUT2D eigenvalue weighted by molar-refractivity contribution is 14.1. The maximum Gasteiger partial charge on any atom is 0.151 e. The summed E-state index contributed by atoms with van der Waals surface area (Å²) in [4.78, 5) is 10.5. The van der Waals surface area contributed by atoms with Crippen LogP contribution in [0.2, 0.25) is 0 Å². The molecule has 0 aliphatic heterocycles. The number of hydrogen-bond donors (Lipinski definition) is 0. The third-order valence-corrected chi connectivity index (χ3v) is 2.93. The van der Waals surface area contributed by atoms with Gasteiger partial charge in [-0.25, -0.2) is 0 Å². The van der Waals surface area contributed by atoms with Gasteiger partial charge in [0.05, 0.1) is 10.7 Å². The van der Waals surface area contributed by atoms with E-state index in [0.717, 1.165) is 20.1 Å². The predicted octanol–water partition coefficient (Wildman–Crippen LogP) is 2.87. The molecule has 1 rings (SSSR count). The van der Waals surface area contributed by atoms with Gasteiger partial charge in [-0.1, -0.05) is 0 Å². The molecule has 0 heterocycles. The molecule has 0 atom stereocenters. The number of aldehydes is 1. The molecule has 12 heavy (non-hydrogen) atoms. The Kier molecular flexibility index (Phi) is 3.52. The molecule has 0 aliphatic carbocycles. The highest BCUT2D eigenvalue weighted by atomic mass is 127. The van der Waals surface area contributed by atoms with E-state index >= 15 is 0 Å². The average molecular weight is 341 g/mol. The van der Waals surface area contributed by atoms with E-state index < -0.39 is 0 Å². The van der Waals surface area contributed by atoms with Gasteiger partial charge < -0.3 is 4.74 Å². The van der Waals surface area contributed by atoms with Crippen LogP contribution in [0.4, 0.5) is 0 Å². The van der Waals surface area contributed by atoms with Gasteiger partial charge >= 0.3 is 0 Å². The molecule has 0 aliphatic rings. The summed E-state index contributed by atoms with van der Waals surface area (Å²) in [5.41, 5.74) is 0.639. The maximum absolute atomic E-state index is 10.5. The quantitative estimate of drug-likeness (QED) is 0.611. The summed E-state index contributed by atoms with van der Waals surface area (Å²) in [5, 5.41) is 0. The lowest BCUT2D eigenvalue weighted by molar-refractivity contribution is 0.112. The Morgan fingerprint density at radius 2 is 2.25 bits per heavy atom. The molecule has 0 fully saturated rings. The van der Waals surface area contributed by atoms with Crippen LogP contribution in [0.15, 0.2) is 16.6 Å². The smallest absolute Gasteiger partial charge is 0.151 e. The van der Waals surface area contributed by atoms with Crippen LogP contribution in [0, 0.1) is 3.57 Å². The maximum atomic E-state index is 10.5. The summed E-state index contributed by atoms with van der Waals surface area (Å²) in [6.45, 7) is 0. The molecule has 0 unspecified atom stereocenters. The molecule has 0 bridgehead atoms. The topological polar surface area (TPSA) is 26.3 Å². The lowest BCUT2D eigenvalue weighted by Crippen LogP contribution is -1.90. The van der Waals surface area contributed by atoms with E-state index in [1.807, 2.05) is 0 Å². The third kappa shape index (κ3) is 1.98. The predicted molar refractivity (Wildman–Crippen MR) is 58.8 cm³/mol. The van der Waals surface area contributed by atoms with Gasteiger partial charge in [-0.3, -0.25) is 4.79 Å². The van der Waals surface area contributed by atoms with Crippen LogP contribution < -0.4 is 4.74 Å². The Morgan fingerprint density at radius 1 is 1.58 bits per heavy atom. The first-order valence-corrected chi connectivity index (χ1v) is 5.04. The third-order valence-electron chi connectivity index (χ3n) is 1.40. The summed E-state index contributed by atoms with van der Waals surface area (Å²) >= 11 is 5.39. The van der Waals surface area contributed by atoms with Crippen molar-refractivity contribution in [1.29, 1.82) is 0 Å². The molecular weight excluding hydrogens is 335 g/mol. The Hall–Kier alpha value is -0.100. The monoisotopic (exact) mass is 340 g/mol. The number of carbonyl (C=O) groups is 1. The van der Waals surface area contributed by atoms with Gasteiger partial charge in [-0.05, 0) is 50.7 Å². The first-order chi connectivity index (χ1) is 5.69.